The molecule has 82 valence electrons. The zero-order valence-corrected chi connectivity index (χ0v) is 9.48. The van der Waals surface area contributed by atoms with Gasteiger partial charge in [-0.1, -0.05) is 23.2 Å². The molecule has 1 aromatic heterocycles. The van der Waals surface area contributed by atoms with Crippen molar-refractivity contribution >= 4 is 34.9 Å². The molecule has 0 unspecified atom stereocenters. The number of hydrogen-bond donors (Lipinski definition) is 2. The summed E-state index contributed by atoms with van der Waals surface area (Å²) in [7, 11) is 0. The minimum Gasteiger partial charge on any atom is -0.370 e. The molecule has 1 aromatic rings. The van der Waals surface area contributed by atoms with Crippen molar-refractivity contribution in [2.75, 3.05) is 11.9 Å². The number of rotatable bonds is 5. The lowest BCUT2D eigenvalue weighted by Crippen LogP contribution is -2.13. The molecule has 0 aliphatic rings. The van der Waals surface area contributed by atoms with Crippen LogP contribution in [0.4, 0.5) is 5.82 Å². The Labute approximate surface area is 97.8 Å². The first-order chi connectivity index (χ1) is 7.09. The molecule has 1 heterocycles. The van der Waals surface area contributed by atoms with Gasteiger partial charge in [0.25, 0.3) is 0 Å². The topological polar surface area (TPSA) is 68.0 Å². The van der Waals surface area contributed by atoms with E-state index in [0.717, 1.165) is 0 Å². The Bertz CT molecular complexity index is 357. The van der Waals surface area contributed by atoms with Crippen LogP contribution < -0.4 is 11.1 Å². The molecule has 0 aliphatic carbocycles. The summed E-state index contributed by atoms with van der Waals surface area (Å²) in [5.41, 5.74) is 5.00. The van der Waals surface area contributed by atoms with E-state index in [4.69, 9.17) is 28.9 Å². The van der Waals surface area contributed by atoms with Crippen LogP contribution in [-0.4, -0.2) is 17.4 Å². The molecule has 0 spiro atoms. The highest BCUT2D eigenvalue weighted by atomic mass is 35.5. The maximum Gasteiger partial charge on any atom is 0.217 e. The third-order valence-electron chi connectivity index (χ3n) is 1.70. The van der Waals surface area contributed by atoms with Gasteiger partial charge < -0.3 is 11.1 Å². The first-order valence-corrected chi connectivity index (χ1v) is 5.18. The van der Waals surface area contributed by atoms with Crippen LogP contribution in [0.3, 0.4) is 0 Å². The van der Waals surface area contributed by atoms with Gasteiger partial charge in [0, 0.05) is 19.2 Å². The molecule has 0 saturated carbocycles. The third kappa shape index (κ3) is 4.36. The molecule has 0 aromatic carbocycles. The average molecular weight is 248 g/mol. The molecule has 0 bridgehead atoms. The van der Waals surface area contributed by atoms with E-state index in [1.165, 1.54) is 6.20 Å². The standard InChI is InChI=1S/C9H11Cl2N3O/c10-6-4-7(11)9(14-5-6)13-3-1-2-8(12)15/h4-5H,1-3H2,(H2,12,15)(H,13,14). The molecule has 3 N–H and O–H groups in total. The highest BCUT2D eigenvalue weighted by Gasteiger charge is 2.02. The molecular formula is C9H11Cl2N3O. The molecule has 6 heteroatoms. The minimum absolute atomic E-state index is 0.313. The highest BCUT2D eigenvalue weighted by molar-refractivity contribution is 6.35. The van der Waals surface area contributed by atoms with Crippen molar-refractivity contribution in [2.45, 2.75) is 12.8 Å². The van der Waals surface area contributed by atoms with Gasteiger partial charge in [-0.05, 0) is 12.5 Å². The number of nitrogens with two attached hydrogens (primary N) is 1. The van der Waals surface area contributed by atoms with E-state index in [0.29, 0.717) is 35.2 Å². The van der Waals surface area contributed by atoms with Gasteiger partial charge in [0.05, 0.1) is 10.0 Å². The Morgan fingerprint density at radius 3 is 2.87 bits per heavy atom. The summed E-state index contributed by atoms with van der Waals surface area (Å²) < 4.78 is 0. The van der Waals surface area contributed by atoms with E-state index in [1.54, 1.807) is 6.07 Å². The number of aromatic nitrogens is 1. The maximum absolute atomic E-state index is 10.5. The predicted molar refractivity (Wildman–Crippen MR) is 61.2 cm³/mol. The number of primary amides is 1. The monoisotopic (exact) mass is 247 g/mol. The summed E-state index contributed by atoms with van der Waals surface area (Å²) in [6, 6.07) is 1.60. The third-order valence-corrected chi connectivity index (χ3v) is 2.20. The van der Waals surface area contributed by atoms with Gasteiger partial charge in [0.2, 0.25) is 5.91 Å². The lowest BCUT2D eigenvalue weighted by Gasteiger charge is -2.06. The van der Waals surface area contributed by atoms with E-state index in [1.807, 2.05) is 0 Å². The van der Waals surface area contributed by atoms with E-state index >= 15 is 0 Å². The molecule has 0 aliphatic heterocycles. The van der Waals surface area contributed by atoms with Crippen LogP contribution in [0.5, 0.6) is 0 Å². The van der Waals surface area contributed by atoms with Crippen molar-refractivity contribution in [3.63, 3.8) is 0 Å². The van der Waals surface area contributed by atoms with Gasteiger partial charge in [-0.2, -0.15) is 0 Å². The zero-order chi connectivity index (χ0) is 11.3. The van der Waals surface area contributed by atoms with Gasteiger partial charge in [-0.3, -0.25) is 4.79 Å². The number of carbonyl (C=O) groups is 1. The summed E-state index contributed by atoms with van der Waals surface area (Å²) in [5, 5.41) is 3.93. The maximum atomic E-state index is 10.5. The molecule has 15 heavy (non-hydrogen) atoms. The highest BCUT2D eigenvalue weighted by Crippen LogP contribution is 2.22. The van der Waals surface area contributed by atoms with Crippen LogP contribution in [0, 0.1) is 0 Å². The van der Waals surface area contributed by atoms with Crippen LogP contribution >= 0.6 is 23.2 Å². The molecule has 0 atom stereocenters. The van der Waals surface area contributed by atoms with E-state index in [9.17, 15) is 4.79 Å². The van der Waals surface area contributed by atoms with Crippen molar-refractivity contribution < 1.29 is 4.79 Å². The van der Waals surface area contributed by atoms with Crippen LogP contribution in [0.2, 0.25) is 10.0 Å². The van der Waals surface area contributed by atoms with Crippen LogP contribution in [0.15, 0.2) is 12.3 Å². The summed E-state index contributed by atoms with van der Waals surface area (Å²) in [6.07, 6.45) is 2.50. The first kappa shape index (κ1) is 12.1. The first-order valence-electron chi connectivity index (χ1n) is 4.43. The normalized spacial score (nSPS) is 10.0. The smallest absolute Gasteiger partial charge is 0.217 e. The quantitative estimate of drug-likeness (QED) is 0.783. The lowest BCUT2D eigenvalue weighted by molar-refractivity contribution is -0.118. The second-order valence-electron chi connectivity index (χ2n) is 2.98. The molecule has 1 rings (SSSR count). The van der Waals surface area contributed by atoms with Gasteiger partial charge in [0.1, 0.15) is 5.82 Å². The fourth-order valence-corrected chi connectivity index (χ4v) is 1.46. The fraction of sp³-hybridized carbons (Fsp3) is 0.333. The Hall–Kier alpha value is -1.000. The number of carbonyl (C=O) groups excluding carboxylic acids is 1. The van der Waals surface area contributed by atoms with Crippen molar-refractivity contribution in [1.29, 1.82) is 0 Å². The van der Waals surface area contributed by atoms with E-state index < -0.39 is 0 Å². The van der Waals surface area contributed by atoms with E-state index in [-0.39, 0.29) is 5.91 Å². The largest absolute Gasteiger partial charge is 0.370 e. The van der Waals surface area contributed by atoms with Gasteiger partial charge >= 0.3 is 0 Å². The van der Waals surface area contributed by atoms with Crippen molar-refractivity contribution in [3.05, 3.63) is 22.3 Å². The Kier molecular flexibility index (Phi) is 4.65. The molecule has 0 fully saturated rings. The Morgan fingerprint density at radius 2 is 2.27 bits per heavy atom. The number of anilines is 1. The molecular weight excluding hydrogens is 237 g/mol. The average Bonchev–Trinajstić information content (AvgIpc) is 2.14. The zero-order valence-electron chi connectivity index (χ0n) is 7.96. The number of nitrogens with one attached hydrogen (secondary N) is 1. The Morgan fingerprint density at radius 1 is 1.53 bits per heavy atom. The number of halogens is 2. The minimum atomic E-state index is -0.313. The summed E-state index contributed by atoms with van der Waals surface area (Å²) in [5.74, 6) is 0.248. The van der Waals surface area contributed by atoms with Crippen molar-refractivity contribution in [2.24, 2.45) is 5.73 Å². The summed E-state index contributed by atoms with van der Waals surface area (Å²) >= 11 is 11.6. The number of pyridine rings is 1. The molecule has 4 nitrogen and oxygen atoms in total. The van der Waals surface area contributed by atoms with Gasteiger partial charge in [-0.25, -0.2) is 4.98 Å². The molecule has 0 saturated heterocycles. The van der Waals surface area contributed by atoms with Gasteiger partial charge in [0.15, 0.2) is 0 Å². The predicted octanol–water partition coefficient (Wildman–Crippen LogP) is 2.07. The van der Waals surface area contributed by atoms with Crippen LogP contribution in [0.1, 0.15) is 12.8 Å². The fourth-order valence-electron chi connectivity index (χ4n) is 1.01. The SMILES string of the molecule is NC(=O)CCCNc1ncc(Cl)cc1Cl. The molecule has 1 amide bonds. The molecule has 0 radical (unpaired) electrons. The van der Waals surface area contributed by atoms with Crippen LogP contribution in [0.25, 0.3) is 0 Å². The second-order valence-corrected chi connectivity index (χ2v) is 3.82. The number of amides is 1. The van der Waals surface area contributed by atoms with E-state index in [2.05, 4.69) is 10.3 Å². The lowest BCUT2D eigenvalue weighted by atomic mass is 10.3. The second kappa shape index (κ2) is 5.78. The Balaban J connectivity index is 2.40. The summed E-state index contributed by atoms with van der Waals surface area (Å²) in [6.45, 7) is 0.595. The number of nitrogens with zero attached hydrogens (tertiary/aromatic N) is 1. The van der Waals surface area contributed by atoms with Crippen molar-refractivity contribution in [1.82, 2.24) is 4.98 Å². The van der Waals surface area contributed by atoms with Crippen LogP contribution in [-0.2, 0) is 4.79 Å². The number of hydrogen-bond acceptors (Lipinski definition) is 3. The van der Waals surface area contributed by atoms with Gasteiger partial charge in [-0.15, -0.1) is 0 Å². The van der Waals surface area contributed by atoms with Crippen molar-refractivity contribution in [3.8, 4) is 0 Å². The summed E-state index contributed by atoms with van der Waals surface area (Å²) in [4.78, 5) is 14.5.